The Kier molecular flexibility index (Phi) is 6.64. The van der Waals surface area contributed by atoms with Crippen LogP contribution >= 0.6 is 11.6 Å². The van der Waals surface area contributed by atoms with E-state index in [1.807, 2.05) is 6.92 Å². The molecule has 1 aliphatic rings. The van der Waals surface area contributed by atoms with Gasteiger partial charge in [0.25, 0.3) is 0 Å². The lowest BCUT2D eigenvalue weighted by molar-refractivity contribution is -0.126. The lowest BCUT2D eigenvalue weighted by atomic mass is 9.97. The van der Waals surface area contributed by atoms with Gasteiger partial charge in [-0.05, 0) is 50.1 Å². The van der Waals surface area contributed by atoms with E-state index in [0.717, 1.165) is 0 Å². The average molecular weight is 427 g/mol. The summed E-state index contributed by atoms with van der Waals surface area (Å²) in [6.07, 6.45) is 2.49. The number of ether oxygens (including phenoxy) is 1. The number of nitrogens with zero attached hydrogens (tertiary/aromatic N) is 1. The van der Waals surface area contributed by atoms with Gasteiger partial charge < -0.3 is 14.5 Å². The van der Waals surface area contributed by atoms with Gasteiger partial charge >= 0.3 is 0 Å². The highest BCUT2D eigenvalue weighted by Gasteiger charge is 2.32. The molecule has 152 valence electrons. The fourth-order valence-corrected chi connectivity index (χ4v) is 4.95. The summed E-state index contributed by atoms with van der Waals surface area (Å²) in [4.78, 5) is 12.4. The van der Waals surface area contributed by atoms with Crippen molar-refractivity contribution >= 4 is 27.5 Å². The maximum absolute atomic E-state index is 12.9. The first kappa shape index (κ1) is 20.7. The van der Waals surface area contributed by atoms with Crippen LogP contribution in [-0.2, 0) is 21.4 Å². The fourth-order valence-electron chi connectivity index (χ4n) is 3.15. The van der Waals surface area contributed by atoms with Crippen molar-refractivity contribution in [1.82, 2.24) is 9.62 Å². The Morgan fingerprint density at radius 3 is 2.68 bits per heavy atom. The predicted octanol–water partition coefficient (Wildman–Crippen LogP) is 3.05. The van der Waals surface area contributed by atoms with Crippen molar-refractivity contribution in [2.45, 2.75) is 31.2 Å². The lowest BCUT2D eigenvalue weighted by Crippen LogP contribution is -2.42. The Hall–Kier alpha value is -2.03. The Morgan fingerprint density at radius 2 is 2.07 bits per heavy atom. The first-order valence-electron chi connectivity index (χ1n) is 9.14. The standard InChI is InChI=1S/C19H23ClN2O5S/c1-2-26-18-6-5-16(12-17(18)20)28(24,25)22-9-7-14(8-10-22)19(23)21-13-15-4-3-11-27-15/h3-6,11-12,14H,2,7-10,13H2,1H3,(H,21,23). The van der Waals surface area contributed by atoms with Crippen LogP contribution in [0.15, 0.2) is 45.9 Å². The fraction of sp³-hybridized carbons (Fsp3) is 0.421. The molecule has 1 aromatic carbocycles. The molecule has 0 radical (unpaired) electrons. The number of halogens is 1. The summed E-state index contributed by atoms with van der Waals surface area (Å²) in [5.74, 6) is 0.832. The number of furan rings is 1. The van der Waals surface area contributed by atoms with Crippen molar-refractivity contribution in [1.29, 1.82) is 0 Å². The molecule has 0 saturated carbocycles. The van der Waals surface area contributed by atoms with Crippen LogP contribution in [0.5, 0.6) is 5.75 Å². The Morgan fingerprint density at radius 1 is 1.32 bits per heavy atom. The normalized spacial score (nSPS) is 16.1. The molecule has 1 fully saturated rings. The van der Waals surface area contributed by atoms with Gasteiger partial charge in [-0.15, -0.1) is 0 Å². The zero-order chi connectivity index (χ0) is 20.1. The quantitative estimate of drug-likeness (QED) is 0.735. The molecule has 0 bridgehead atoms. The van der Waals surface area contributed by atoms with Crippen LogP contribution in [-0.4, -0.2) is 38.3 Å². The van der Waals surface area contributed by atoms with E-state index in [1.165, 1.54) is 16.4 Å². The number of piperidine rings is 1. The third kappa shape index (κ3) is 4.68. The van der Waals surface area contributed by atoms with Gasteiger partial charge in [-0.25, -0.2) is 8.42 Å². The summed E-state index contributed by atoms with van der Waals surface area (Å²) >= 11 is 6.13. The van der Waals surface area contributed by atoms with Gasteiger partial charge in [-0.3, -0.25) is 4.79 Å². The van der Waals surface area contributed by atoms with Crippen LogP contribution in [0, 0.1) is 5.92 Å². The van der Waals surface area contributed by atoms with E-state index in [2.05, 4.69) is 5.32 Å². The summed E-state index contributed by atoms with van der Waals surface area (Å²) in [5, 5.41) is 3.09. The predicted molar refractivity (Wildman–Crippen MR) is 105 cm³/mol. The van der Waals surface area contributed by atoms with E-state index in [1.54, 1.807) is 24.5 Å². The van der Waals surface area contributed by atoms with E-state index >= 15 is 0 Å². The highest BCUT2D eigenvalue weighted by Crippen LogP contribution is 2.30. The molecule has 7 nitrogen and oxygen atoms in total. The van der Waals surface area contributed by atoms with Gasteiger partial charge in [-0.2, -0.15) is 4.31 Å². The number of rotatable bonds is 7. The van der Waals surface area contributed by atoms with Gasteiger partial charge in [-0.1, -0.05) is 11.6 Å². The number of carbonyl (C=O) groups is 1. The first-order chi connectivity index (χ1) is 13.4. The number of hydrogen-bond acceptors (Lipinski definition) is 5. The van der Waals surface area contributed by atoms with Crippen LogP contribution < -0.4 is 10.1 Å². The van der Waals surface area contributed by atoms with Crippen molar-refractivity contribution in [2.75, 3.05) is 19.7 Å². The van der Waals surface area contributed by atoms with Crippen molar-refractivity contribution < 1.29 is 22.4 Å². The van der Waals surface area contributed by atoms with Crippen molar-refractivity contribution in [3.8, 4) is 5.75 Å². The third-order valence-electron chi connectivity index (χ3n) is 4.68. The number of carbonyl (C=O) groups excluding carboxylic acids is 1. The minimum absolute atomic E-state index is 0.0856. The second kappa shape index (κ2) is 8.98. The van der Waals surface area contributed by atoms with Crippen LogP contribution in [0.25, 0.3) is 0 Å². The molecule has 0 unspecified atom stereocenters. The second-order valence-electron chi connectivity index (χ2n) is 6.50. The topological polar surface area (TPSA) is 88.9 Å². The molecule has 0 aliphatic carbocycles. The van der Waals surface area contributed by atoms with Crippen molar-refractivity contribution in [2.24, 2.45) is 5.92 Å². The van der Waals surface area contributed by atoms with Gasteiger partial charge in [0.1, 0.15) is 11.5 Å². The zero-order valence-electron chi connectivity index (χ0n) is 15.6. The Bertz CT molecular complexity index is 906. The van der Waals surface area contributed by atoms with Crippen LogP contribution in [0.4, 0.5) is 0 Å². The number of hydrogen-bond donors (Lipinski definition) is 1. The van der Waals surface area contributed by atoms with E-state index < -0.39 is 10.0 Å². The number of benzene rings is 1. The molecular formula is C19H23ClN2O5S. The molecule has 1 aliphatic heterocycles. The van der Waals surface area contributed by atoms with E-state index in [9.17, 15) is 13.2 Å². The summed E-state index contributed by atoms with van der Waals surface area (Å²) in [6.45, 7) is 3.17. The third-order valence-corrected chi connectivity index (χ3v) is 6.87. The molecule has 1 saturated heterocycles. The van der Waals surface area contributed by atoms with Crippen molar-refractivity contribution in [3.63, 3.8) is 0 Å². The highest BCUT2D eigenvalue weighted by molar-refractivity contribution is 7.89. The molecule has 2 aromatic rings. The van der Waals surface area contributed by atoms with Crippen LogP contribution in [0.2, 0.25) is 5.02 Å². The Balaban J connectivity index is 1.58. The smallest absolute Gasteiger partial charge is 0.243 e. The van der Waals surface area contributed by atoms with Gasteiger partial charge in [0.15, 0.2) is 0 Å². The second-order valence-corrected chi connectivity index (χ2v) is 8.85. The molecule has 0 spiro atoms. The minimum Gasteiger partial charge on any atom is -0.492 e. The molecule has 28 heavy (non-hydrogen) atoms. The molecular weight excluding hydrogens is 404 g/mol. The maximum atomic E-state index is 12.9. The summed E-state index contributed by atoms with van der Waals surface area (Å²) in [7, 11) is -3.67. The molecule has 1 amide bonds. The average Bonchev–Trinajstić information content (AvgIpc) is 3.21. The largest absolute Gasteiger partial charge is 0.492 e. The van der Waals surface area contributed by atoms with Gasteiger partial charge in [0, 0.05) is 19.0 Å². The Labute approximate surface area is 169 Å². The number of amides is 1. The molecule has 0 atom stereocenters. The number of sulfonamides is 1. The maximum Gasteiger partial charge on any atom is 0.243 e. The molecule has 1 N–H and O–H groups in total. The van der Waals surface area contributed by atoms with E-state index in [-0.39, 0.29) is 34.8 Å². The summed E-state index contributed by atoms with van der Waals surface area (Å²) < 4.78 is 37.7. The minimum atomic E-state index is -3.67. The SMILES string of the molecule is CCOc1ccc(S(=O)(=O)N2CCC(C(=O)NCc3ccco3)CC2)cc1Cl. The first-order valence-corrected chi connectivity index (χ1v) is 11.0. The lowest BCUT2D eigenvalue weighted by Gasteiger charge is -2.30. The summed E-state index contributed by atoms with van der Waals surface area (Å²) in [6, 6.07) is 8.02. The van der Waals surface area contributed by atoms with Gasteiger partial charge in [0.05, 0.1) is 29.3 Å². The van der Waals surface area contributed by atoms with Crippen molar-refractivity contribution in [3.05, 3.63) is 47.4 Å². The van der Waals surface area contributed by atoms with Gasteiger partial charge in [0.2, 0.25) is 15.9 Å². The molecule has 1 aromatic heterocycles. The molecule has 3 rings (SSSR count). The van der Waals surface area contributed by atoms with E-state index in [0.29, 0.717) is 37.5 Å². The molecule has 9 heteroatoms. The molecule has 2 heterocycles. The zero-order valence-corrected chi connectivity index (χ0v) is 17.1. The monoisotopic (exact) mass is 426 g/mol. The number of nitrogens with one attached hydrogen (secondary N) is 1. The van der Waals surface area contributed by atoms with E-state index in [4.69, 9.17) is 20.8 Å². The van der Waals surface area contributed by atoms with Crippen LogP contribution in [0.3, 0.4) is 0 Å². The van der Waals surface area contributed by atoms with Crippen LogP contribution in [0.1, 0.15) is 25.5 Å². The highest BCUT2D eigenvalue weighted by atomic mass is 35.5. The summed E-state index contributed by atoms with van der Waals surface area (Å²) in [5.41, 5.74) is 0.